The smallest absolute Gasteiger partial charge is 0.157 e. The Labute approximate surface area is 133 Å². The number of nitriles is 1. The number of pyridine rings is 1. The van der Waals surface area contributed by atoms with E-state index in [-0.39, 0.29) is 0 Å². The number of imidazole rings is 1. The molecule has 1 N–H and O–H groups in total. The maximum atomic E-state index is 8.68. The molecular formula is C16H19N7. The Morgan fingerprint density at radius 2 is 2.35 bits per heavy atom. The standard InChI is InChI=1S/C16H19N7/c1-11-20-14-9-18-16-13(8-19-21-16)15(14)23(11)12-4-7-22(10-12)6-3-2-5-17/h8-9,12H,2-4,6-7,10H2,1H3,(H,18,19,21). The summed E-state index contributed by atoms with van der Waals surface area (Å²) < 4.78 is 2.35. The monoisotopic (exact) mass is 309 g/mol. The lowest BCUT2D eigenvalue weighted by molar-refractivity contribution is 0.321. The lowest BCUT2D eigenvalue weighted by Gasteiger charge is -2.18. The van der Waals surface area contributed by atoms with Crippen molar-refractivity contribution in [3.05, 3.63) is 18.2 Å². The summed E-state index contributed by atoms with van der Waals surface area (Å²) in [6.07, 6.45) is 6.35. The summed E-state index contributed by atoms with van der Waals surface area (Å²) in [5, 5.41) is 16.8. The Morgan fingerprint density at radius 1 is 1.43 bits per heavy atom. The topological polar surface area (TPSA) is 86.4 Å². The van der Waals surface area contributed by atoms with Crippen LogP contribution in [0.25, 0.3) is 22.1 Å². The molecule has 23 heavy (non-hydrogen) atoms. The van der Waals surface area contributed by atoms with Crippen LogP contribution in [0, 0.1) is 18.3 Å². The van der Waals surface area contributed by atoms with E-state index in [0.717, 1.165) is 60.4 Å². The van der Waals surface area contributed by atoms with E-state index in [9.17, 15) is 0 Å². The van der Waals surface area contributed by atoms with Gasteiger partial charge in [-0.2, -0.15) is 10.4 Å². The molecule has 7 heteroatoms. The molecule has 0 bridgehead atoms. The molecule has 118 valence electrons. The van der Waals surface area contributed by atoms with Crippen LogP contribution in [0.5, 0.6) is 0 Å². The highest BCUT2D eigenvalue weighted by atomic mass is 15.2. The van der Waals surface area contributed by atoms with Crippen LogP contribution in [0.15, 0.2) is 12.4 Å². The van der Waals surface area contributed by atoms with Crippen LogP contribution in [0.3, 0.4) is 0 Å². The van der Waals surface area contributed by atoms with Crippen molar-refractivity contribution in [2.24, 2.45) is 0 Å². The molecule has 1 unspecified atom stereocenters. The van der Waals surface area contributed by atoms with Crippen molar-refractivity contribution in [3.63, 3.8) is 0 Å². The summed E-state index contributed by atoms with van der Waals surface area (Å²) in [4.78, 5) is 11.5. The van der Waals surface area contributed by atoms with Gasteiger partial charge in [-0.05, 0) is 26.3 Å². The third-order valence-corrected chi connectivity index (χ3v) is 4.68. The molecule has 1 fully saturated rings. The fraction of sp³-hybridized carbons (Fsp3) is 0.500. The Morgan fingerprint density at radius 3 is 3.22 bits per heavy atom. The molecule has 1 atom stereocenters. The predicted octanol–water partition coefficient (Wildman–Crippen LogP) is 2.17. The van der Waals surface area contributed by atoms with Crippen LogP contribution in [0.2, 0.25) is 0 Å². The predicted molar refractivity (Wildman–Crippen MR) is 86.9 cm³/mol. The Hall–Kier alpha value is -2.46. The van der Waals surface area contributed by atoms with Crippen molar-refractivity contribution in [1.29, 1.82) is 5.26 Å². The Balaban J connectivity index is 1.68. The molecular weight excluding hydrogens is 290 g/mol. The largest absolute Gasteiger partial charge is 0.323 e. The van der Waals surface area contributed by atoms with Crippen LogP contribution in [-0.2, 0) is 0 Å². The van der Waals surface area contributed by atoms with Gasteiger partial charge in [0.2, 0.25) is 0 Å². The van der Waals surface area contributed by atoms with Crippen LogP contribution in [-0.4, -0.2) is 49.3 Å². The molecule has 0 aliphatic carbocycles. The highest BCUT2D eigenvalue weighted by molar-refractivity contribution is 6.00. The third kappa shape index (κ3) is 2.35. The molecule has 3 aromatic heterocycles. The Bertz CT molecular complexity index is 885. The van der Waals surface area contributed by atoms with Gasteiger partial charge in [0.15, 0.2) is 5.65 Å². The summed E-state index contributed by atoms with van der Waals surface area (Å²) in [5.41, 5.74) is 2.87. The van der Waals surface area contributed by atoms with E-state index in [1.807, 2.05) is 12.4 Å². The number of nitrogens with one attached hydrogen (secondary N) is 1. The molecule has 4 heterocycles. The second-order valence-electron chi connectivity index (χ2n) is 6.16. The lowest BCUT2D eigenvalue weighted by Crippen LogP contribution is -2.23. The number of likely N-dealkylation sites (tertiary alicyclic amines) is 1. The average Bonchev–Trinajstić information content (AvgIpc) is 3.23. The minimum absolute atomic E-state index is 0.419. The van der Waals surface area contributed by atoms with Gasteiger partial charge in [-0.1, -0.05) is 0 Å². The number of hydrogen-bond acceptors (Lipinski definition) is 5. The van der Waals surface area contributed by atoms with Crippen LogP contribution >= 0.6 is 0 Å². The van der Waals surface area contributed by atoms with Crippen molar-refractivity contribution >= 4 is 22.1 Å². The zero-order valence-corrected chi connectivity index (χ0v) is 13.2. The van der Waals surface area contributed by atoms with E-state index in [1.165, 1.54) is 0 Å². The minimum atomic E-state index is 0.419. The van der Waals surface area contributed by atoms with E-state index < -0.39 is 0 Å². The van der Waals surface area contributed by atoms with Crippen molar-refractivity contribution in [3.8, 4) is 6.07 Å². The first-order chi connectivity index (χ1) is 11.3. The van der Waals surface area contributed by atoms with Gasteiger partial charge in [0.1, 0.15) is 11.3 Å². The number of nitrogens with zero attached hydrogens (tertiary/aromatic N) is 6. The first-order valence-corrected chi connectivity index (χ1v) is 8.04. The van der Waals surface area contributed by atoms with E-state index >= 15 is 0 Å². The highest BCUT2D eigenvalue weighted by Crippen LogP contribution is 2.31. The summed E-state index contributed by atoms with van der Waals surface area (Å²) in [6, 6.07) is 2.64. The molecule has 0 amide bonds. The molecule has 4 rings (SSSR count). The molecule has 7 nitrogen and oxygen atoms in total. The van der Waals surface area contributed by atoms with Gasteiger partial charge in [-0.25, -0.2) is 9.97 Å². The first kappa shape index (κ1) is 14.2. The first-order valence-electron chi connectivity index (χ1n) is 8.04. The normalized spacial score (nSPS) is 18.9. The van der Waals surface area contributed by atoms with Gasteiger partial charge in [0, 0.05) is 25.6 Å². The van der Waals surface area contributed by atoms with E-state index in [2.05, 4.69) is 42.6 Å². The number of aromatic amines is 1. The molecule has 0 spiro atoms. The van der Waals surface area contributed by atoms with Crippen molar-refractivity contribution in [2.75, 3.05) is 19.6 Å². The van der Waals surface area contributed by atoms with Crippen LogP contribution < -0.4 is 0 Å². The number of aryl methyl sites for hydroxylation is 1. The zero-order valence-electron chi connectivity index (χ0n) is 13.2. The average molecular weight is 309 g/mol. The third-order valence-electron chi connectivity index (χ3n) is 4.68. The van der Waals surface area contributed by atoms with Crippen molar-refractivity contribution in [1.82, 2.24) is 29.6 Å². The summed E-state index contributed by atoms with van der Waals surface area (Å²) in [5.74, 6) is 1.03. The maximum Gasteiger partial charge on any atom is 0.157 e. The number of hydrogen-bond donors (Lipinski definition) is 1. The summed E-state index contributed by atoms with van der Waals surface area (Å²) in [6.45, 7) is 5.15. The Kier molecular flexibility index (Phi) is 3.46. The van der Waals surface area contributed by atoms with Crippen LogP contribution in [0.1, 0.15) is 31.1 Å². The van der Waals surface area contributed by atoms with Gasteiger partial charge < -0.3 is 9.47 Å². The highest BCUT2D eigenvalue weighted by Gasteiger charge is 2.27. The molecule has 0 radical (unpaired) electrons. The van der Waals surface area contributed by atoms with Gasteiger partial charge in [-0.3, -0.25) is 5.10 Å². The second-order valence-corrected chi connectivity index (χ2v) is 6.16. The van der Waals surface area contributed by atoms with Gasteiger partial charge in [-0.15, -0.1) is 0 Å². The maximum absolute atomic E-state index is 8.68. The fourth-order valence-electron chi connectivity index (χ4n) is 3.66. The number of rotatable bonds is 4. The molecule has 1 aliphatic rings. The molecule has 1 aliphatic heterocycles. The quantitative estimate of drug-likeness (QED) is 0.746. The fourth-order valence-corrected chi connectivity index (χ4v) is 3.66. The minimum Gasteiger partial charge on any atom is -0.323 e. The zero-order chi connectivity index (χ0) is 15.8. The van der Waals surface area contributed by atoms with E-state index in [1.54, 1.807) is 0 Å². The lowest BCUT2D eigenvalue weighted by atomic mass is 10.2. The van der Waals surface area contributed by atoms with E-state index in [4.69, 9.17) is 5.26 Å². The van der Waals surface area contributed by atoms with Crippen molar-refractivity contribution < 1.29 is 0 Å². The number of H-pyrrole nitrogens is 1. The van der Waals surface area contributed by atoms with Gasteiger partial charge in [0.05, 0.1) is 29.4 Å². The second kappa shape index (κ2) is 5.63. The molecule has 3 aromatic rings. The summed E-state index contributed by atoms with van der Waals surface area (Å²) >= 11 is 0. The number of fused-ring (bicyclic) bond motifs is 3. The molecule has 1 saturated heterocycles. The number of aromatic nitrogens is 5. The SMILES string of the molecule is Cc1nc2cnc3[nH]ncc3c2n1C1CCN(CCCC#N)C1. The van der Waals surface area contributed by atoms with E-state index in [0.29, 0.717) is 12.5 Å². The van der Waals surface area contributed by atoms with Gasteiger partial charge >= 0.3 is 0 Å². The van der Waals surface area contributed by atoms with Crippen molar-refractivity contribution in [2.45, 2.75) is 32.2 Å². The summed E-state index contributed by atoms with van der Waals surface area (Å²) in [7, 11) is 0. The molecule has 0 aromatic carbocycles. The van der Waals surface area contributed by atoms with Crippen LogP contribution in [0.4, 0.5) is 0 Å². The molecule has 0 saturated carbocycles. The van der Waals surface area contributed by atoms with Gasteiger partial charge in [0.25, 0.3) is 0 Å². The number of unbranched alkanes of at least 4 members (excludes halogenated alkanes) is 1.